The Morgan fingerprint density at radius 3 is 2.20 bits per heavy atom. The summed E-state index contributed by atoms with van der Waals surface area (Å²) in [4.78, 5) is 0. The van der Waals surface area contributed by atoms with Gasteiger partial charge in [0.15, 0.2) is 0 Å². The van der Waals surface area contributed by atoms with Gasteiger partial charge in [-0.2, -0.15) is 0 Å². The molecule has 1 atom stereocenters. The summed E-state index contributed by atoms with van der Waals surface area (Å²) in [5.74, 6) is 0.952. The van der Waals surface area contributed by atoms with E-state index in [2.05, 4.69) is 32.9 Å². The molecule has 0 radical (unpaired) electrons. The van der Waals surface area contributed by atoms with Crippen LogP contribution in [0.1, 0.15) is 78.6 Å². The molecule has 0 fully saturated rings. The summed E-state index contributed by atoms with van der Waals surface area (Å²) < 4.78 is 0. The average molecular weight is 210 g/mol. The first-order chi connectivity index (χ1) is 7.35. The Morgan fingerprint density at radius 2 is 1.60 bits per heavy atom. The number of unbranched alkanes of at least 4 members (excludes halogenated alkanes) is 4. The fraction of sp³-hybridized carbons (Fsp3) is 0.867. The molecule has 0 saturated carbocycles. The van der Waals surface area contributed by atoms with Crippen LogP contribution in [0.25, 0.3) is 0 Å². The highest BCUT2D eigenvalue weighted by molar-refractivity contribution is 4.80. The lowest BCUT2D eigenvalue weighted by Gasteiger charge is -2.13. The third kappa shape index (κ3) is 10.0. The van der Waals surface area contributed by atoms with Gasteiger partial charge in [0.2, 0.25) is 0 Å². The van der Waals surface area contributed by atoms with Gasteiger partial charge in [0, 0.05) is 0 Å². The van der Waals surface area contributed by atoms with E-state index in [-0.39, 0.29) is 0 Å². The van der Waals surface area contributed by atoms with Crippen molar-refractivity contribution in [3.8, 4) is 0 Å². The van der Waals surface area contributed by atoms with E-state index in [1.165, 1.54) is 57.8 Å². The van der Waals surface area contributed by atoms with Gasteiger partial charge in [-0.25, -0.2) is 0 Å². The average Bonchev–Trinajstić information content (AvgIpc) is 2.25. The number of allylic oxidation sites excluding steroid dienone is 2. The van der Waals surface area contributed by atoms with Crippen LogP contribution < -0.4 is 0 Å². The van der Waals surface area contributed by atoms with Crippen LogP contribution in [0.15, 0.2) is 12.2 Å². The number of hydrogen-bond donors (Lipinski definition) is 0. The largest absolute Gasteiger partial charge is 0.0917 e. The smallest absolute Gasteiger partial charge is 0.0322 e. The van der Waals surface area contributed by atoms with E-state index < -0.39 is 0 Å². The Balaban J connectivity index is 3.47. The maximum atomic E-state index is 2.34. The molecule has 0 aromatic rings. The molecule has 15 heavy (non-hydrogen) atoms. The van der Waals surface area contributed by atoms with Gasteiger partial charge < -0.3 is 0 Å². The van der Waals surface area contributed by atoms with Crippen molar-refractivity contribution in [2.24, 2.45) is 5.92 Å². The van der Waals surface area contributed by atoms with Gasteiger partial charge in [0.1, 0.15) is 0 Å². The van der Waals surface area contributed by atoms with Crippen LogP contribution in [0.5, 0.6) is 0 Å². The third-order valence-electron chi connectivity index (χ3n) is 3.12. The summed E-state index contributed by atoms with van der Waals surface area (Å²) in [5.41, 5.74) is 0. The van der Waals surface area contributed by atoms with Crippen LogP contribution >= 0.6 is 0 Å². The van der Waals surface area contributed by atoms with Crippen LogP contribution in [-0.2, 0) is 0 Å². The second-order valence-electron chi connectivity index (χ2n) is 4.66. The highest BCUT2D eigenvalue weighted by Gasteiger charge is 2.04. The summed E-state index contributed by atoms with van der Waals surface area (Å²) in [6.45, 7) is 6.72. The highest BCUT2D eigenvalue weighted by Crippen LogP contribution is 2.20. The second kappa shape index (κ2) is 11.8. The van der Waals surface area contributed by atoms with Crippen LogP contribution in [0, 0.1) is 5.92 Å². The Labute approximate surface area is 97.2 Å². The molecule has 0 aliphatic rings. The van der Waals surface area contributed by atoms with Crippen molar-refractivity contribution in [3.63, 3.8) is 0 Å². The van der Waals surface area contributed by atoms with E-state index in [1.54, 1.807) is 0 Å². The molecule has 0 N–H and O–H groups in total. The van der Waals surface area contributed by atoms with E-state index in [9.17, 15) is 0 Å². The Hall–Kier alpha value is -0.260. The second-order valence-corrected chi connectivity index (χ2v) is 4.66. The first-order valence-corrected chi connectivity index (χ1v) is 6.96. The van der Waals surface area contributed by atoms with Crippen molar-refractivity contribution in [3.05, 3.63) is 12.2 Å². The minimum absolute atomic E-state index is 0.952. The van der Waals surface area contributed by atoms with Crippen molar-refractivity contribution < 1.29 is 0 Å². The normalized spacial score (nSPS) is 13.5. The third-order valence-corrected chi connectivity index (χ3v) is 3.12. The predicted octanol–water partition coefficient (Wildman–Crippen LogP) is 5.73. The lowest BCUT2D eigenvalue weighted by molar-refractivity contribution is 0.424. The van der Waals surface area contributed by atoms with Crippen molar-refractivity contribution in [1.82, 2.24) is 0 Å². The van der Waals surface area contributed by atoms with E-state index in [0.717, 1.165) is 5.92 Å². The first kappa shape index (κ1) is 14.7. The molecule has 0 aromatic heterocycles. The SMILES string of the molecule is CC=CCC(CCC)CCCCCCC. The lowest BCUT2D eigenvalue weighted by atomic mass is 9.93. The maximum absolute atomic E-state index is 2.34. The van der Waals surface area contributed by atoms with Crippen LogP contribution in [0.4, 0.5) is 0 Å². The summed E-state index contributed by atoms with van der Waals surface area (Å²) in [5, 5.41) is 0. The molecule has 0 heteroatoms. The number of hydrogen-bond acceptors (Lipinski definition) is 0. The predicted molar refractivity (Wildman–Crippen MR) is 71.2 cm³/mol. The fourth-order valence-corrected chi connectivity index (χ4v) is 2.15. The molecule has 0 aliphatic heterocycles. The Kier molecular flexibility index (Phi) is 11.6. The quantitative estimate of drug-likeness (QED) is 0.319. The Bertz CT molecular complexity index is 135. The molecule has 0 aliphatic carbocycles. The summed E-state index contributed by atoms with van der Waals surface area (Å²) in [6, 6.07) is 0. The topological polar surface area (TPSA) is 0 Å². The van der Waals surface area contributed by atoms with Gasteiger partial charge in [-0.3, -0.25) is 0 Å². The molecular weight excluding hydrogens is 180 g/mol. The molecule has 90 valence electrons. The minimum atomic E-state index is 0.952. The molecule has 0 spiro atoms. The first-order valence-electron chi connectivity index (χ1n) is 6.96. The summed E-state index contributed by atoms with van der Waals surface area (Å²) in [7, 11) is 0. The molecule has 0 bridgehead atoms. The molecule has 0 nitrogen and oxygen atoms in total. The Morgan fingerprint density at radius 1 is 0.867 bits per heavy atom. The summed E-state index contributed by atoms with van der Waals surface area (Å²) >= 11 is 0. The maximum Gasteiger partial charge on any atom is -0.0322 e. The highest BCUT2D eigenvalue weighted by atomic mass is 14.1. The van der Waals surface area contributed by atoms with E-state index >= 15 is 0 Å². The van der Waals surface area contributed by atoms with Gasteiger partial charge >= 0.3 is 0 Å². The lowest BCUT2D eigenvalue weighted by Crippen LogP contribution is -1.98. The molecular formula is C15H30. The molecule has 1 unspecified atom stereocenters. The zero-order chi connectivity index (χ0) is 11.4. The standard InChI is InChI=1S/C15H30/c1-4-7-9-10-11-14-15(12-6-3)13-8-5-2/h5,8,15H,4,6-7,9-14H2,1-3H3. The zero-order valence-corrected chi connectivity index (χ0v) is 11.1. The van der Waals surface area contributed by atoms with Crippen molar-refractivity contribution >= 4 is 0 Å². The zero-order valence-electron chi connectivity index (χ0n) is 11.1. The van der Waals surface area contributed by atoms with E-state index in [4.69, 9.17) is 0 Å². The van der Waals surface area contributed by atoms with Crippen LogP contribution in [-0.4, -0.2) is 0 Å². The minimum Gasteiger partial charge on any atom is -0.0917 e. The van der Waals surface area contributed by atoms with E-state index in [0.29, 0.717) is 0 Å². The number of rotatable bonds is 10. The molecule has 0 rings (SSSR count). The van der Waals surface area contributed by atoms with E-state index in [1.807, 2.05) is 0 Å². The van der Waals surface area contributed by atoms with Crippen LogP contribution in [0.3, 0.4) is 0 Å². The molecule has 0 heterocycles. The van der Waals surface area contributed by atoms with Gasteiger partial charge in [0.05, 0.1) is 0 Å². The summed E-state index contributed by atoms with van der Waals surface area (Å²) in [6.07, 6.45) is 17.2. The van der Waals surface area contributed by atoms with Crippen molar-refractivity contribution in [1.29, 1.82) is 0 Å². The van der Waals surface area contributed by atoms with Crippen molar-refractivity contribution in [2.75, 3.05) is 0 Å². The molecule has 0 saturated heterocycles. The fourth-order valence-electron chi connectivity index (χ4n) is 2.15. The molecule has 0 aromatic carbocycles. The monoisotopic (exact) mass is 210 g/mol. The van der Waals surface area contributed by atoms with Gasteiger partial charge in [-0.05, 0) is 19.3 Å². The van der Waals surface area contributed by atoms with Crippen LogP contribution in [0.2, 0.25) is 0 Å². The van der Waals surface area contributed by atoms with Gasteiger partial charge in [-0.15, -0.1) is 0 Å². The van der Waals surface area contributed by atoms with Gasteiger partial charge in [-0.1, -0.05) is 77.4 Å². The molecule has 0 amide bonds. The van der Waals surface area contributed by atoms with Crippen molar-refractivity contribution in [2.45, 2.75) is 78.6 Å². The van der Waals surface area contributed by atoms with Gasteiger partial charge in [0.25, 0.3) is 0 Å².